The van der Waals surface area contributed by atoms with Gasteiger partial charge in [0.05, 0.1) is 24.4 Å². The summed E-state index contributed by atoms with van der Waals surface area (Å²) in [6.45, 7) is 0.412. The Kier molecular flexibility index (Phi) is 7.83. The summed E-state index contributed by atoms with van der Waals surface area (Å²) in [7, 11) is 3.03. The molecule has 5 nitrogen and oxygen atoms in total. The molecule has 0 bridgehead atoms. The van der Waals surface area contributed by atoms with Crippen molar-refractivity contribution in [2.75, 3.05) is 39.2 Å². The number of nitrogens with zero attached hydrogens (tertiary/aromatic N) is 1. The Hall–Kier alpha value is -2.81. The lowest BCUT2D eigenvalue weighted by molar-refractivity contribution is -0.137. The zero-order valence-corrected chi connectivity index (χ0v) is 16.1. The van der Waals surface area contributed by atoms with Crippen LogP contribution in [0.25, 0.3) is 0 Å². The summed E-state index contributed by atoms with van der Waals surface area (Å²) >= 11 is 0. The van der Waals surface area contributed by atoms with E-state index in [1.807, 2.05) is 0 Å². The molecule has 0 aromatic heterocycles. The first-order valence-corrected chi connectivity index (χ1v) is 8.76. The van der Waals surface area contributed by atoms with Gasteiger partial charge < -0.3 is 19.7 Å². The van der Waals surface area contributed by atoms with Gasteiger partial charge in [-0.3, -0.25) is 4.79 Å². The maximum absolute atomic E-state index is 13.0. The van der Waals surface area contributed by atoms with E-state index in [-0.39, 0.29) is 49.5 Å². The maximum atomic E-state index is 13.0. The van der Waals surface area contributed by atoms with Crippen molar-refractivity contribution in [3.8, 4) is 5.75 Å². The molecule has 2 aromatic rings. The second-order valence-corrected chi connectivity index (χ2v) is 6.28. The standard InChI is InChI=1S/C20H22F4N2O3/c1-26(13-14-3-6-16(21)7-4-14)19(27)12-25-17-11-15(20(22,23)24)5-8-18(17)29-10-9-28-2/h3-8,11,25H,9-10,12-13H2,1-2H3. The lowest BCUT2D eigenvalue weighted by atomic mass is 10.1. The Bertz CT molecular complexity index is 810. The number of anilines is 1. The predicted octanol–water partition coefficient (Wildman–Crippen LogP) is 3.94. The first-order valence-electron chi connectivity index (χ1n) is 8.76. The smallest absolute Gasteiger partial charge is 0.416 e. The maximum Gasteiger partial charge on any atom is 0.416 e. The molecule has 0 unspecified atom stereocenters. The number of amides is 1. The van der Waals surface area contributed by atoms with Gasteiger partial charge in [-0.25, -0.2) is 4.39 Å². The number of methoxy groups -OCH3 is 1. The molecular weight excluding hydrogens is 392 g/mol. The average molecular weight is 414 g/mol. The van der Waals surface area contributed by atoms with Gasteiger partial charge in [0.1, 0.15) is 18.2 Å². The lowest BCUT2D eigenvalue weighted by Gasteiger charge is -2.20. The minimum atomic E-state index is -4.52. The molecule has 158 valence electrons. The number of nitrogens with one attached hydrogen (secondary N) is 1. The average Bonchev–Trinajstić information content (AvgIpc) is 2.67. The van der Waals surface area contributed by atoms with Gasteiger partial charge in [0.15, 0.2) is 0 Å². The number of carbonyl (C=O) groups excluding carboxylic acids is 1. The quantitative estimate of drug-likeness (QED) is 0.499. The molecule has 0 atom stereocenters. The van der Waals surface area contributed by atoms with E-state index in [0.717, 1.165) is 17.7 Å². The van der Waals surface area contributed by atoms with Crippen LogP contribution < -0.4 is 10.1 Å². The van der Waals surface area contributed by atoms with E-state index in [1.165, 1.54) is 30.2 Å². The third-order valence-corrected chi connectivity index (χ3v) is 4.04. The Morgan fingerprint density at radius 3 is 2.41 bits per heavy atom. The van der Waals surface area contributed by atoms with Crippen molar-refractivity contribution in [1.82, 2.24) is 4.90 Å². The number of likely N-dealkylation sites (N-methyl/N-ethyl adjacent to an activating group) is 1. The van der Waals surface area contributed by atoms with Crippen LogP contribution >= 0.6 is 0 Å². The Balaban J connectivity index is 2.05. The Labute approximate surface area is 166 Å². The summed E-state index contributed by atoms with van der Waals surface area (Å²) in [4.78, 5) is 13.7. The summed E-state index contributed by atoms with van der Waals surface area (Å²) in [6, 6.07) is 8.71. The summed E-state index contributed by atoms with van der Waals surface area (Å²) < 4.78 is 62.3. The molecule has 0 aliphatic carbocycles. The predicted molar refractivity (Wildman–Crippen MR) is 100 cm³/mol. The fraction of sp³-hybridized carbons (Fsp3) is 0.350. The van der Waals surface area contributed by atoms with Gasteiger partial charge in [-0.05, 0) is 35.9 Å². The van der Waals surface area contributed by atoms with Crippen molar-refractivity contribution in [2.24, 2.45) is 0 Å². The SMILES string of the molecule is COCCOc1ccc(C(F)(F)F)cc1NCC(=O)N(C)Cc1ccc(F)cc1. The van der Waals surface area contributed by atoms with Crippen LogP contribution in [-0.2, 0) is 22.3 Å². The van der Waals surface area contributed by atoms with E-state index in [1.54, 1.807) is 19.2 Å². The van der Waals surface area contributed by atoms with Gasteiger partial charge in [-0.1, -0.05) is 12.1 Å². The molecular formula is C20H22F4N2O3. The molecule has 0 fully saturated rings. The molecule has 9 heteroatoms. The third-order valence-electron chi connectivity index (χ3n) is 4.04. The van der Waals surface area contributed by atoms with Crippen LogP contribution in [0.15, 0.2) is 42.5 Å². The number of hydrogen-bond acceptors (Lipinski definition) is 4. The van der Waals surface area contributed by atoms with E-state index in [2.05, 4.69) is 5.32 Å². The molecule has 0 saturated heterocycles. The minimum Gasteiger partial charge on any atom is -0.489 e. The van der Waals surface area contributed by atoms with Gasteiger partial charge >= 0.3 is 6.18 Å². The second-order valence-electron chi connectivity index (χ2n) is 6.28. The topological polar surface area (TPSA) is 50.8 Å². The number of alkyl halides is 3. The molecule has 2 rings (SSSR count). The molecule has 1 amide bonds. The molecule has 0 radical (unpaired) electrons. The van der Waals surface area contributed by atoms with Crippen LogP contribution in [0.1, 0.15) is 11.1 Å². The summed E-state index contributed by atoms with van der Waals surface area (Å²) in [5, 5.41) is 2.71. The van der Waals surface area contributed by atoms with Crippen LogP contribution in [0.5, 0.6) is 5.75 Å². The summed E-state index contributed by atoms with van der Waals surface area (Å²) in [5.41, 5.74) is -0.0735. The normalized spacial score (nSPS) is 11.2. The highest BCUT2D eigenvalue weighted by molar-refractivity contribution is 5.81. The molecule has 2 aromatic carbocycles. The number of halogens is 4. The number of benzene rings is 2. The van der Waals surface area contributed by atoms with Crippen molar-refractivity contribution in [3.63, 3.8) is 0 Å². The van der Waals surface area contributed by atoms with E-state index in [9.17, 15) is 22.4 Å². The minimum absolute atomic E-state index is 0.0551. The summed E-state index contributed by atoms with van der Waals surface area (Å²) in [5.74, 6) is -0.548. The number of rotatable bonds is 9. The number of carbonyl (C=O) groups is 1. The van der Waals surface area contributed by atoms with E-state index in [0.29, 0.717) is 0 Å². The lowest BCUT2D eigenvalue weighted by Crippen LogP contribution is -2.31. The highest BCUT2D eigenvalue weighted by atomic mass is 19.4. The monoisotopic (exact) mass is 414 g/mol. The van der Waals surface area contributed by atoms with Crippen molar-refractivity contribution in [2.45, 2.75) is 12.7 Å². The van der Waals surface area contributed by atoms with Crippen molar-refractivity contribution < 1.29 is 31.8 Å². The molecule has 0 saturated carbocycles. The van der Waals surface area contributed by atoms with Crippen LogP contribution in [0, 0.1) is 5.82 Å². The zero-order chi connectivity index (χ0) is 21.4. The number of ether oxygens (including phenoxy) is 2. The largest absolute Gasteiger partial charge is 0.489 e. The Morgan fingerprint density at radius 2 is 1.79 bits per heavy atom. The van der Waals surface area contributed by atoms with E-state index < -0.39 is 11.7 Å². The molecule has 0 aliphatic heterocycles. The molecule has 29 heavy (non-hydrogen) atoms. The fourth-order valence-corrected chi connectivity index (χ4v) is 2.46. The molecule has 0 spiro atoms. The first kappa shape index (κ1) is 22.5. The van der Waals surface area contributed by atoms with Gasteiger partial charge in [-0.2, -0.15) is 13.2 Å². The highest BCUT2D eigenvalue weighted by Crippen LogP contribution is 2.35. The third kappa shape index (κ3) is 6.94. The van der Waals surface area contributed by atoms with Crippen molar-refractivity contribution >= 4 is 11.6 Å². The van der Waals surface area contributed by atoms with Gasteiger partial charge in [0.2, 0.25) is 5.91 Å². The van der Waals surface area contributed by atoms with E-state index in [4.69, 9.17) is 9.47 Å². The molecule has 0 aliphatic rings. The molecule has 1 N–H and O–H groups in total. The fourth-order valence-electron chi connectivity index (χ4n) is 2.46. The van der Waals surface area contributed by atoms with Crippen LogP contribution in [0.3, 0.4) is 0 Å². The van der Waals surface area contributed by atoms with E-state index >= 15 is 0 Å². The van der Waals surface area contributed by atoms with Crippen LogP contribution in [0.2, 0.25) is 0 Å². The van der Waals surface area contributed by atoms with Crippen molar-refractivity contribution in [1.29, 1.82) is 0 Å². The van der Waals surface area contributed by atoms with Crippen LogP contribution in [0.4, 0.5) is 23.2 Å². The van der Waals surface area contributed by atoms with Gasteiger partial charge in [0.25, 0.3) is 0 Å². The highest BCUT2D eigenvalue weighted by Gasteiger charge is 2.31. The van der Waals surface area contributed by atoms with Gasteiger partial charge in [0, 0.05) is 20.7 Å². The summed E-state index contributed by atoms with van der Waals surface area (Å²) in [6.07, 6.45) is -4.52. The van der Waals surface area contributed by atoms with Gasteiger partial charge in [-0.15, -0.1) is 0 Å². The number of hydrogen-bond donors (Lipinski definition) is 1. The zero-order valence-electron chi connectivity index (χ0n) is 16.1. The second kappa shape index (κ2) is 10.1. The van der Waals surface area contributed by atoms with Crippen molar-refractivity contribution in [3.05, 3.63) is 59.4 Å². The molecule has 0 heterocycles. The first-order chi connectivity index (χ1) is 13.7. The Morgan fingerprint density at radius 1 is 1.10 bits per heavy atom. The van der Waals surface area contributed by atoms with Crippen LogP contribution in [-0.4, -0.2) is 44.7 Å².